The summed E-state index contributed by atoms with van der Waals surface area (Å²) in [5.74, 6) is 0.519. The summed E-state index contributed by atoms with van der Waals surface area (Å²) >= 11 is 0. The van der Waals surface area contributed by atoms with Gasteiger partial charge < -0.3 is 24.4 Å². The molecule has 1 fully saturated rings. The number of carboxylic acid groups (broad SMARTS) is 1. The topological polar surface area (TPSA) is 101 Å². The molecule has 0 spiro atoms. The molecule has 0 bridgehead atoms. The molecule has 1 N–H and O–H groups in total. The van der Waals surface area contributed by atoms with E-state index in [1.54, 1.807) is 0 Å². The molecular formula is C38H41N5O4. The Morgan fingerprint density at radius 1 is 0.957 bits per heavy atom. The van der Waals surface area contributed by atoms with E-state index >= 15 is 0 Å². The number of aromatic nitrogens is 3. The summed E-state index contributed by atoms with van der Waals surface area (Å²) in [6.07, 6.45) is 5.26. The molecule has 1 atom stereocenters. The largest absolute Gasteiger partial charge is 0.493 e. The van der Waals surface area contributed by atoms with E-state index in [1.165, 1.54) is 5.56 Å². The summed E-state index contributed by atoms with van der Waals surface area (Å²) in [4.78, 5) is 31.9. The van der Waals surface area contributed by atoms with Crippen LogP contribution in [0.2, 0.25) is 0 Å². The number of aryl methyl sites for hydroxylation is 2. The van der Waals surface area contributed by atoms with Gasteiger partial charge in [-0.05, 0) is 98.5 Å². The van der Waals surface area contributed by atoms with Gasteiger partial charge in [0.2, 0.25) is 5.95 Å². The lowest BCUT2D eigenvalue weighted by atomic mass is 9.83. The average Bonchev–Trinajstić information content (AvgIpc) is 3.04. The second-order valence-electron chi connectivity index (χ2n) is 13.7. The van der Waals surface area contributed by atoms with Gasteiger partial charge in [-0.2, -0.15) is 0 Å². The molecule has 3 aromatic carbocycles. The molecule has 7 rings (SSSR count). The Balaban J connectivity index is 1.44. The summed E-state index contributed by atoms with van der Waals surface area (Å²) in [5.41, 5.74) is 7.45. The molecule has 0 amide bonds. The van der Waals surface area contributed by atoms with E-state index < -0.39 is 17.7 Å². The molecular weight excluding hydrogens is 590 g/mol. The van der Waals surface area contributed by atoms with Crippen molar-refractivity contribution in [3.05, 3.63) is 77.2 Å². The molecule has 2 aliphatic rings. The minimum Gasteiger partial charge on any atom is -0.493 e. The Morgan fingerprint density at radius 2 is 1.68 bits per heavy atom. The van der Waals surface area contributed by atoms with E-state index in [4.69, 9.17) is 24.4 Å². The normalized spacial score (nSPS) is 16.0. The maximum atomic E-state index is 13.0. The van der Waals surface area contributed by atoms with Gasteiger partial charge in [0.15, 0.2) is 6.10 Å². The van der Waals surface area contributed by atoms with Crippen molar-refractivity contribution in [2.75, 3.05) is 44.7 Å². The predicted octanol–water partition coefficient (Wildman–Crippen LogP) is 6.76. The number of carboxylic acids is 1. The van der Waals surface area contributed by atoms with E-state index in [9.17, 15) is 9.90 Å². The molecule has 1 saturated heterocycles. The van der Waals surface area contributed by atoms with Crippen molar-refractivity contribution in [3.8, 4) is 28.0 Å². The molecule has 0 radical (unpaired) electrons. The third kappa shape index (κ3) is 5.68. The van der Waals surface area contributed by atoms with Crippen LogP contribution in [0.4, 0.5) is 5.95 Å². The van der Waals surface area contributed by atoms with E-state index in [1.807, 2.05) is 64.5 Å². The van der Waals surface area contributed by atoms with Crippen LogP contribution in [0.5, 0.6) is 5.75 Å². The fourth-order valence-corrected chi connectivity index (χ4v) is 7.03. The summed E-state index contributed by atoms with van der Waals surface area (Å²) in [6, 6.07) is 12.3. The molecule has 5 aromatic rings. The predicted molar refractivity (Wildman–Crippen MR) is 185 cm³/mol. The highest BCUT2D eigenvalue weighted by atomic mass is 16.5. The second kappa shape index (κ2) is 11.9. The molecule has 0 aliphatic carbocycles. The van der Waals surface area contributed by atoms with Gasteiger partial charge >= 0.3 is 5.97 Å². The number of carbonyl (C=O) groups is 1. The first-order chi connectivity index (χ1) is 22.5. The summed E-state index contributed by atoms with van der Waals surface area (Å²) in [5, 5.41) is 13.5. The first-order valence-corrected chi connectivity index (χ1v) is 16.3. The van der Waals surface area contributed by atoms with Crippen LogP contribution in [0.3, 0.4) is 0 Å². The highest BCUT2D eigenvalue weighted by Gasteiger charge is 2.33. The number of likely N-dealkylation sites (N-methyl/N-ethyl adjacent to an activating group) is 1. The lowest BCUT2D eigenvalue weighted by molar-refractivity contribution is -0.160. The summed E-state index contributed by atoms with van der Waals surface area (Å²) < 4.78 is 12.3. The Hall–Kier alpha value is -4.60. The quantitative estimate of drug-likeness (QED) is 0.218. The standard InChI is InChI=1S/C38H41N5O4/c1-22-19-29-23(2)26(25-20-40-37(41-21-25)43-16-14-42(6)15-17-43)7-8-27(29)33(31(22)35(36(44)45)47-38(3,4)5)28-9-10-30-32-24(12-18-46-30)11-13-39-34(28)32/h7-11,13,19-21,35H,12,14-18H2,1-6H3,(H,44,45). The van der Waals surface area contributed by atoms with Crippen molar-refractivity contribution in [1.82, 2.24) is 19.9 Å². The average molecular weight is 632 g/mol. The number of hydrogen-bond donors (Lipinski definition) is 1. The van der Waals surface area contributed by atoms with E-state index in [-0.39, 0.29) is 0 Å². The second-order valence-corrected chi connectivity index (χ2v) is 13.7. The van der Waals surface area contributed by atoms with Crippen LogP contribution in [0.15, 0.2) is 55.0 Å². The van der Waals surface area contributed by atoms with E-state index in [0.717, 1.165) is 99.4 Å². The van der Waals surface area contributed by atoms with Crippen LogP contribution < -0.4 is 9.64 Å². The molecule has 0 saturated carbocycles. The Bertz CT molecular complexity index is 2000. The number of nitrogens with zero attached hydrogens (tertiary/aromatic N) is 5. The first-order valence-electron chi connectivity index (χ1n) is 16.3. The maximum absolute atomic E-state index is 13.0. The zero-order valence-corrected chi connectivity index (χ0v) is 27.9. The lowest BCUT2D eigenvalue weighted by Gasteiger charge is -2.32. The molecule has 2 aliphatic heterocycles. The fourth-order valence-electron chi connectivity index (χ4n) is 7.03. The van der Waals surface area contributed by atoms with Gasteiger partial charge in [-0.25, -0.2) is 14.8 Å². The number of rotatable bonds is 6. The van der Waals surface area contributed by atoms with Gasteiger partial charge in [0.25, 0.3) is 0 Å². The van der Waals surface area contributed by atoms with Crippen molar-refractivity contribution >= 4 is 33.6 Å². The molecule has 1 unspecified atom stereocenters. The van der Waals surface area contributed by atoms with Crippen molar-refractivity contribution in [2.45, 2.75) is 52.7 Å². The SMILES string of the molecule is Cc1cc2c(C)c(-c3cnc(N4CCN(C)CC4)nc3)ccc2c(-c2ccc3c4c(ccnc24)CCO3)c1C(OC(C)(C)C)C(=O)O. The zero-order valence-electron chi connectivity index (χ0n) is 27.9. The number of fused-ring (bicyclic) bond motifs is 1. The van der Waals surface area contributed by atoms with Crippen LogP contribution in [-0.2, 0) is 16.0 Å². The monoisotopic (exact) mass is 631 g/mol. The van der Waals surface area contributed by atoms with E-state index in [2.05, 4.69) is 42.0 Å². The number of hydrogen-bond acceptors (Lipinski definition) is 8. The highest BCUT2D eigenvalue weighted by Crippen LogP contribution is 2.46. The molecule has 242 valence electrons. The van der Waals surface area contributed by atoms with Gasteiger partial charge in [-0.3, -0.25) is 4.98 Å². The number of benzene rings is 3. The van der Waals surface area contributed by atoms with Gasteiger partial charge in [-0.15, -0.1) is 0 Å². The van der Waals surface area contributed by atoms with Crippen molar-refractivity contribution < 1.29 is 19.4 Å². The third-order valence-corrected chi connectivity index (χ3v) is 9.37. The van der Waals surface area contributed by atoms with Gasteiger partial charge in [0.05, 0.1) is 17.7 Å². The van der Waals surface area contributed by atoms with E-state index in [0.29, 0.717) is 12.2 Å². The molecule has 4 heterocycles. The minimum atomic E-state index is -1.19. The molecule has 9 heteroatoms. The van der Waals surface area contributed by atoms with Crippen LogP contribution in [0.1, 0.15) is 49.1 Å². The molecule has 47 heavy (non-hydrogen) atoms. The third-order valence-electron chi connectivity index (χ3n) is 9.37. The zero-order chi connectivity index (χ0) is 33.0. The number of aliphatic carboxylic acids is 1. The van der Waals surface area contributed by atoms with Gasteiger partial charge in [0, 0.05) is 73.3 Å². The number of pyridine rings is 1. The summed E-state index contributed by atoms with van der Waals surface area (Å²) in [7, 11) is 2.14. The van der Waals surface area contributed by atoms with Crippen LogP contribution >= 0.6 is 0 Å². The fraction of sp³-hybridized carbons (Fsp3) is 0.368. The lowest BCUT2D eigenvalue weighted by Crippen LogP contribution is -2.45. The van der Waals surface area contributed by atoms with Crippen molar-refractivity contribution in [1.29, 1.82) is 0 Å². The Morgan fingerprint density at radius 3 is 2.38 bits per heavy atom. The highest BCUT2D eigenvalue weighted by molar-refractivity contribution is 6.10. The first kappa shape index (κ1) is 31.0. The maximum Gasteiger partial charge on any atom is 0.337 e. The van der Waals surface area contributed by atoms with Crippen LogP contribution in [0, 0.1) is 13.8 Å². The van der Waals surface area contributed by atoms with Crippen LogP contribution in [0.25, 0.3) is 43.9 Å². The Labute approximate surface area is 275 Å². The smallest absolute Gasteiger partial charge is 0.337 e. The molecule has 2 aromatic heterocycles. The Kier molecular flexibility index (Phi) is 7.85. The van der Waals surface area contributed by atoms with Gasteiger partial charge in [0.1, 0.15) is 5.75 Å². The van der Waals surface area contributed by atoms with Crippen LogP contribution in [-0.4, -0.2) is 76.4 Å². The van der Waals surface area contributed by atoms with Crippen molar-refractivity contribution in [2.24, 2.45) is 0 Å². The summed E-state index contributed by atoms with van der Waals surface area (Å²) in [6.45, 7) is 14.1. The number of piperazine rings is 1. The molecule has 9 nitrogen and oxygen atoms in total. The number of anilines is 1. The van der Waals surface area contributed by atoms with Gasteiger partial charge in [-0.1, -0.05) is 18.2 Å². The number of ether oxygens (including phenoxy) is 2. The minimum absolute atomic E-state index is 0.618. The van der Waals surface area contributed by atoms with Crippen molar-refractivity contribution in [3.63, 3.8) is 0 Å².